The number of hydrogen-bond acceptors (Lipinski definition) is 4. The van der Waals surface area contributed by atoms with Gasteiger partial charge in [-0.3, -0.25) is 9.10 Å². The molecule has 35 heavy (non-hydrogen) atoms. The molecule has 186 valence electrons. The van der Waals surface area contributed by atoms with E-state index in [0.29, 0.717) is 33.8 Å². The Hall–Kier alpha value is -2.19. The van der Waals surface area contributed by atoms with Gasteiger partial charge in [-0.05, 0) is 73.9 Å². The van der Waals surface area contributed by atoms with Gasteiger partial charge < -0.3 is 5.32 Å². The number of anilines is 1. The molecule has 0 radical (unpaired) electrons. The van der Waals surface area contributed by atoms with Gasteiger partial charge >= 0.3 is 0 Å². The number of hydrogen-bond donors (Lipinski definition) is 1. The van der Waals surface area contributed by atoms with Crippen LogP contribution in [0.4, 0.5) is 5.69 Å². The van der Waals surface area contributed by atoms with E-state index >= 15 is 0 Å². The Balaban J connectivity index is 1.69. The fourth-order valence-electron chi connectivity index (χ4n) is 3.54. The second kappa shape index (κ2) is 12.2. The van der Waals surface area contributed by atoms with Crippen LogP contribution in [0.2, 0.25) is 10.0 Å². The van der Waals surface area contributed by atoms with Gasteiger partial charge in [-0.2, -0.15) is 11.8 Å². The summed E-state index contributed by atoms with van der Waals surface area (Å²) in [4.78, 5) is 12.9. The Morgan fingerprint density at radius 3 is 2.11 bits per heavy atom. The van der Waals surface area contributed by atoms with Crippen LogP contribution in [0.25, 0.3) is 0 Å². The van der Waals surface area contributed by atoms with E-state index in [4.69, 9.17) is 23.2 Å². The van der Waals surface area contributed by atoms with Gasteiger partial charge in [0.05, 0.1) is 10.6 Å². The lowest BCUT2D eigenvalue weighted by Gasteiger charge is -2.25. The monoisotopic (exact) mass is 550 g/mol. The highest BCUT2D eigenvalue weighted by Gasteiger charge is 2.27. The van der Waals surface area contributed by atoms with Crippen molar-refractivity contribution in [3.8, 4) is 0 Å². The number of halogens is 2. The first-order chi connectivity index (χ1) is 16.6. The lowest BCUT2D eigenvalue weighted by Crippen LogP contribution is -2.41. The molecule has 0 heterocycles. The van der Waals surface area contributed by atoms with Crippen LogP contribution >= 0.6 is 35.0 Å². The highest BCUT2D eigenvalue weighted by Crippen LogP contribution is 2.28. The molecule has 0 fully saturated rings. The molecule has 0 aliphatic carbocycles. The number of benzene rings is 3. The predicted molar refractivity (Wildman–Crippen MR) is 147 cm³/mol. The number of carbonyl (C=O) groups excluding carboxylic acids is 1. The van der Waals surface area contributed by atoms with Crippen LogP contribution in [0.15, 0.2) is 65.6 Å². The molecule has 1 amide bonds. The third kappa shape index (κ3) is 7.40. The van der Waals surface area contributed by atoms with Gasteiger partial charge in [0.15, 0.2) is 0 Å². The molecule has 0 spiro atoms. The molecule has 0 aliphatic rings. The van der Waals surface area contributed by atoms with Gasteiger partial charge in [-0.15, -0.1) is 0 Å². The van der Waals surface area contributed by atoms with Crippen molar-refractivity contribution < 1.29 is 13.2 Å². The number of sulfonamides is 1. The third-order valence-electron chi connectivity index (χ3n) is 5.27. The molecule has 0 unspecified atom stereocenters. The van der Waals surface area contributed by atoms with Crippen LogP contribution in [0.5, 0.6) is 0 Å². The van der Waals surface area contributed by atoms with Crippen molar-refractivity contribution in [2.45, 2.75) is 31.4 Å². The van der Waals surface area contributed by atoms with Crippen LogP contribution in [-0.4, -0.2) is 33.2 Å². The molecule has 0 saturated carbocycles. The second-order valence-electron chi connectivity index (χ2n) is 8.27. The van der Waals surface area contributed by atoms with Gasteiger partial charge in [0.25, 0.3) is 10.0 Å². The van der Waals surface area contributed by atoms with Crippen molar-refractivity contribution in [3.05, 3.63) is 93.0 Å². The molecule has 0 saturated heterocycles. The van der Waals surface area contributed by atoms with E-state index in [1.807, 2.05) is 26.8 Å². The molecular weight excluding hydrogens is 523 g/mol. The zero-order valence-electron chi connectivity index (χ0n) is 19.8. The van der Waals surface area contributed by atoms with Gasteiger partial charge in [0, 0.05) is 28.1 Å². The van der Waals surface area contributed by atoms with Crippen LogP contribution < -0.4 is 9.62 Å². The maximum Gasteiger partial charge on any atom is 0.264 e. The van der Waals surface area contributed by atoms with Crippen molar-refractivity contribution in [2.24, 2.45) is 0 Å². The first kappa shape index (κ1) is 27.4. The Morgan fingerprint density at radius 1 is 0.914 bits per heavy atom. The maximum atomic E-state index is 13.5. The number of rotatable bonds is 10. The number of thioether (sulfide) groups is 1. The van der Waals surface area contributed by atoms with Gasteiger partial charge in [0.1, 0.15) is 6.54 Å². The standard InChI is InChI=1S/C26H28Cl2N2O3S2/c1-18-7-9-22(10-8-18)35(32,33)30(21-14-19(2)13-20(3)15-21)16-26(31)29-11-12-34-17-23-24(27)5-4-6-25(23)28/h4-10,13-15H,11-12,16-17H2,1-3H3,(H,29,31). The summed E-state index contributed by atoms with van der Waals surface area (Å²) in [6, 6.07) is 17.5. The number of aryl methyl sites for hydroxylation is 3. The summed E-state index contributed by atoms with van der Waals surface area (Å²) >= 11 is 14.0. The Bertz CT molecular complexity index is 1260. The second-order valence-corrected chi connectivity index (χ2v) is 12.1. The van der Waals surface area contributed by atoms with Crippen LogP contribution in [0, 0.1) is 20.8 Å². The van der Waals surface area contributed by atoms with Gasteiger partial charge in [0.2, 0.25) is 5.91 Å². The third-order valence-corrected chi connectivity index (χ3v) is 8.75. The van der Waals surface area contributed by atoms with Crippen molar-refractivity contribution in [1.82, 2.24) is 5.32 Å². The highest BCUT2D eigenvalue weighted by atomic mass is 35.5. The number of nitrogens with zero attached hydrogens (tertiary/aromatic N) is 1. The molecule has 3 rings (SSSR count). The lowest BCUT2D eigenvalue weighted by atomic mass is 10.1. The quantitative estimate of drug-likeness (QED) is 0.307. The van der Waals surface area contributed by atoms with Crippen molar-refractivity contribution in [1.29, 1.82) is 0 Å². The fraction of sp³-hybridized carbons (Fsp3) is 0.269. The molecule has 9 heteroatoms. The minimum absolute atomic E-state index is 0.141. The smallest absolute Gasteiger partial charge is 0.264 e. The highest BCUT2D eigenvalue weighted by molar-refractivity contribution is 7.98. The van der Waals surface area contributed by atoms with Gasteiger partial charge in [-0.1, -0.05) is 53.0 Å². The van der Waals surface area contributed by atoms with Gasteiger partial charge in [-0.25, -0.2) is 8.42 Å². The minimum atomic E-state index is -3.94. The lowest BCUT2D eigenvalue weighted by molar-refractivity contribution is -0.119. The van der Waals surface area contributed by atoms with E-state index in [1.54, 1.807) is 66.4 Å². The van der Waals surface area contributed by atoms with Crippen molar-refractivity contribution in [2.75, 3.05) is 23.1 Å². The summed E-state index contributed by atoms with van der Waals surface area (Å²) in [5.41, 5.74) is 4.10. The molecular formula is C26H28Cl2N2O3S2. The predicted octanol–water partition coefficient (Wildman–Crippen LogP) is 6.16. The Kier molecular flexibility index (Phi) is 9.53. The maximum absolute atomic E-state index is 13.5. The zero-order valence-corrected chi connectivity index (χ0v) is 23.0. The van der Waals surface area contributed by atoms with Crippen molar-refractivity contribution in [3.63, 3.8) is 0 Å². The van der Waals surface area contributed by atoms with Crippen LogP contribution in [0.3, 0.4) is 0 Å². The molecule has 0 atom stereocenters. The number of amides is 1. The fourth-order valence-corrected chi connectivity index (χ4v) is 6.54. The van der Waals surface area contributed by atoms with E-state index in [-0.39, 0.29) is 17.3 Å². The summed E-state index contributed by atoms with van der Waals surface area (Å²) in [5.74, 6) is 0.864. The average Bonchev–Trinajstić information content (AvgIpc) is 2.78. The normalized spacial score (nSPS) is 11.3. The summed E-state index contributed by atoms with van der Waals surface area (Å²) in [7, 11) is -3.94. The summed E-state index contributed by atoms with van der Waals surface area (Å²) in [6.07, 6.45) is 0. The minimum Gasteiger partial charge on any atom is -0.354 e. The SMILES string of the molecule is Cc1ccc(S(=O)(=O)N(CC(=O)NCCSCc2c(Cl)cccc2Cl)c2cc(C)cc(C)c2)cc1. The van der Waals surface area contributed by atoms with Crippen molar-refractivity contribution >= 4 is 56.6 Å². The zero-order chi connectivity index (χ0) is 25.6. The Labute approximate surface area is 221 Å². The van der Waals surface area contributed by atoms with Crippen LogP contribution in [0.1, 0.15) is 22.3 Å². The number of nitrogens with one attached hydrogen (secondary N) is 1. The van der Waals surface area contributed by atoms with E-state index in [0.717, 1.165) is 22.3 Å². The van der Waals surface area contributed by atoms with E-state index in [9.17, 15) is 13.2 Å². The molecule has 0 bridgehead atoms. The molecule has 5 nitrogen and oxygen atoms in total. The largest absolute Gasteiger partial charge is 0.354 e. The molecule has 3 aromatic carbocycles. The molecule has 0 aliphatic heterocycles. The first-order valence-electron chi connectivity index (χ1n) is 11.0. The summed E-state index contributed by atoms with van der Waals surface area (Å²) in [5, 5.41) is 4.05. The Morgan fingerprint density at radius 2 is 1.51 bits per heavy atom. The molecule has 3 aromatic rings. The van der Waals surface area contributed by atoms with E-state index in [1.165, 1.54) is 4.31 Å². The van der Waals surface area contributed by atoms with E-state index < -0.39 is 10.0 Å². The topological polar surface area (TPSA) is 66.5 Å². The van der Waals surface area contributed by atoms with Crippen LogP contribution in [-0.2, 0) is 20.6 Å². The number of carbonyl (C=O) groups is 1. The first-order valence-corrected chi connectivity index (χ1v) is 14.4. The summed E-state index contributed by atoms with van der Waals surface area (Å²) in [6.45, 7) is 5.76. The summed E-state index contributed by atoms with van der Waals surface area (Å²) < 4.78 is 28.2. The average molecular weight is 552 g/mol. The molecule has 1 N–H and O–H groups in total. The molecule has 0 aromatic heterocycles. The van der Waals surface area contributed by atoms with E-state index in [2.05, 4.69) is 5.32 Å².